The van der Waals surface area contributed by atoms with Crippen LogP contribution in [0.25, 0.3) is 11.0 Å². The summed E-state index contributed by atoms with van der Waals surface area (Å²) in [6.07, 6.45) is 2.05. The van der Waals surface area contributed by atoms with E-state index in [-0.39, 0.29) is 0 Å². The summed E-state index contributed by atoms with van der Waals surface area (Å²) >= 11 is 0. The molecule has 1 heterocycles. The van der Waals surface area contributed by atoms with E-state index >= 15 is 0 Å². The van der Waals surface area contributed by atoms with Crippen LogP contribution in [0.3, 0.4) is 0 Å². The average Bonchev–Trinajstić information content (AvgIpc) is 2.78. The molecule has 2 aromatic rings. The Morgan fingerprint density at radius 3 is 2.75 bits per heavy atom. The van der Waals surface area contributed by atoms with Crippen LogP contribution in [0.4, 0.5) is 5.95 Å². The molecule has 20 heavy (non-hydrogen) atoms. The lowest BCUT2D eigenvalue weighted by Gasteiger charge is -2.09. The maximum atomic E-state index is 11.6. The van der Waals surface area contributed by atoms with Gasteiger partial charge >= 0.3 is 5.97 Å². The molecule has 1 aromatic heterocycles. The van der Waals surface area contributed by atoms with Crippen molar-refractivity contribution in [3.63, 3.8) is 0 Å². The van der Waals surface area contributed by atoms with Crippen LogP contribution < -0.4 is 10.5 Å². The second-order valence-electron chi connectivity index (χ2n) is 4.51. The number of hydrogen-bond donors (Lipinski definition) is 1. The maximum Gasteiger partial charge on any atom is 0.338 e. The van der Waals surface area contributed by atoms with E-state index in [0.29, 0.717) is 22.8 Å². The monoisotopic (exact) mass is 277 g/mol. The Morgan fingerprint density at radius 2 is 2.15 bits per heavy atom. The predicted octanol–water partition coefficient (Wildman–Crippen LogP) is 2.21. The Bertz CT molecular complexity index is 634. The minimum absolute atomic E-state index is 0.400. The van der Waals surface area contributed by atoms with Crippen molar-refractivity contribution >= 4 is 23.0 Å². The maximum absolute atomic E-state index is 11.6. The van der Waals surface area contributed by atoms with Gasteiger partial charge in [-0.05, 0) is 18.6 Å². The molecule has 0 unspecified atom stereocenters. The van der Waals surface area contributed by atoms with Crippen molar-refractivity contribution in [2.24, 2.45) is 0 Å². The lowest BCUT2D eigenvalue weighted by Crippen LogP contribution is -2.05. The van der Waals surface area contributed by atoms with Crippen molar-refractivity contribution in [1.82, 2.24) is 9.55 Å². The summed E-state index contributed by atoms with van der Waals surface area (Å²) < 4.78 is 12.0. The first kappa shape index (κ1) is 14.2. The van der Waals surface area contributed by atoms with Gasteiger partial charge in [-0.15, -0.1) is 0 Å². The van der Waals surface area contributed by atoms with Crippen molar-refractivity contribution in [1.29, 1.82) is 0 Å². The van der Waals surface area contributed by atoms with Crippen molar-refractivity contribution in [2.45, 2.75) is 26.3 Å². The average molecular weight is 277 g/mol. The van der Waals surface area contributed by atoms with Crippen molar-refractivity contribution in [3.05, 3.63) is 17.7 Å². The minimum atomic E-state index is -0.424. The number of aromatic nitrogens is 2. The first-order valence-corrected chi connectivity index (χ1v) is 6.54. The van der Waals surface area contributed by atoms with Gasteiger partial charge in [0.2, 0.25) is 5.95 Å². The molecule has 0 fully saturated rings. The number of fused-ring (bicyclic) bond motifs is 1. The Morgan fingerprint density at radius 1 is 1.40 bits per heavy atom. The molecule has 6 heteroatoms. The van der Waals surface area contributed by atoms with Crippen LogP contribution in [0.2, 0.25) is 0 Å². The number of nitrogens with zero attached hydrogens (tertiary/aromatic N) is 2. The van der Waals surface area contributed by atoms with Crippen molar-refractivity contribution in [3.8, 4) is 5.75 Å². The quantitative estimate of drug-likeness (QED) is 0.848. The number of imidazole rings is 1. The van der Waals surface area contributed by atoms with Crippen LogP contribution in [0.1, 0.15) is 30.1 Å². The fourth-order valence-electron chi connectivity index (χ4n) is 2.18. The third kappa shape index (κ3) is 2.41. The summed E-state index contributed by atoms with van der Waals surface area (Å²) in [7, 11) is 2.90. The molecular formula is C14H19N3O3. The van der Waals surface area contributed by atoms with E-state index in [4.69, 9.17) is 15.2 Å². The lowest BCUT2D eigenvalue weighted by atomic mass is 10.2. The number of nitrogens with two attached hydrogens (primary N) is 1. The molecule has 2 rings (SSSR count). The van der Waals surface area contributed by atoms with Gasteiger partial charge in [0.1, 0.15) is 11.3 Å². The normalized spacial score (nSPS) is 10.8. The largest absolute Gasteiger partial charge is 0.494 e. The molecule has 0 aliphatic rings. The highest BCUT2D eigenvalue weighted by atomic mass is 16.5. The molecular weight excluding hydrogens is 258 g/mol. The number of carbonyl (C=O) groups is 1. The molecule has 0 spiro atoms. The molecule has 0 aliphatic carbocycles. The van der Waals surface area contributed by atoms with Crippen LogP contribution in [0, 0.1) is 0 Å². The minimum Gasteiger partial charge on any atom is -0.494 e. The molecule has 0 saturated carbocycles. The topological polar surface area (TPSA) is 79.4 Å². The summed E-state index contributed by atoms with van der Waals surface area (Å²) in [4.78, 5) is 16.0. The summed E-state index contributed by atoms with van der Waals surface area (Å²) in [6.45, 7) is 2.88. The van der Waals surface area contributed by atoms with E-state index in [1.165, 1.54) is 7.11 Å². The molecule has 0 amide bonds. The number of aryl methyl sites for hydroxylation is 1. The zero-order valence-electron chi connectivity index (χ0n) is 12.0. The van der Waals surface area contributed by atoms with Gasteiger partial charge in [0.05, 0.1) is 25.3 Å². The number of carbonyl (C=O) groups excluding carboxylic acids is 1. The Balaban J connectivity index is 2.61. The van der Waals surface area contributed by atoms with Gasteiger partial charge in [0.15, 0.2) is 0 Å². The van der Waals surface area contributed by atoms with Gasteiger partial charge in [-0.1, -0.05) is 13.3 Å². The van der Waals surface area contributed by atoms with Crippen molar-refractivity contribution in [2.75, 3.05) is 20.0 Å². The molecule has 2 N–H and O–H groups in total. The van der Waals surface area contributed by atoms with Crippen LogP contribution >= 0.6 is 0 Å². The molecule has 0 atom stereocenters. The number of anilines is 1. The predicted molar refractivity (Wildman–Crippen MR) is 76.9 cm³/mol. The van der Waals surface area contributed by atoms with Gasteiger partial charge in [-0.3, -0.25) is 0 Å². The number of rotatable bonds is 5. The van der Waals surface area contributed by atoms with E-state index < -0.39 is 5.97 Å². The number of nitrogen functional groups attached to an aromatic ring is 1. The summed E-state index contributed by atoms with van der Waals surface area (Å²) in [6, 6.07) is 3.32. The number of hydrogen-bond acceptors (Lipinski definition) is 5. The number of esters is 1. The Kier molecular flexibility index (Phi) is 4.12. The molecule has 0 aliphatic heterocycles. The van der Waals surface area contributed by atoms with Gasteiger partial charge < -0.3 is 19.8 Å². The van der Waals surface area contributed by atoms with E-state index in [2.05, 4.69) is 11.9 Å². The van der Waals surface area contributed by atoms with E-state index in [0.717, 1.165) is 24.9 Å². The smallest absolute Gasteiger partial charge is 0.338 e. The van der Waals surface area contributed by atoms with Crippen LogP contribution in [0.5, 0.6) is 5.75 Å². The zero-order chi connectivity index (χ0) is 14.7. The molecule has 108 valence electrons. The van der Waals surface area contributed by atoms with Crippen LogP contribution in [0.15, 0.2) is 12.1 Å². The second kappa shape index (κ2) is 5.81. The van der Waals surface area contributed by atoms with Crippen molar-refractivity contribution < 1.29 is 14.3 Å². The van der Waals surface area contributed by atoms with E-state index in [1.54, 1.807) is 19.2 Å². The fourth-order valence-corrected chi connectivity index (χ4v) is 2.18. The number of ether oxygens (including phenoxy) is 2. The molecule has 6 nitrogen and oxygen atoms in total. The number of unbranched alkanes of at least 4 members (excludes halogenated alkanes) is 1. The zero-order valence-corrected chi connectivity index (χ0v) is 12.0. The van der Waals surface area contributed by atoms with Crippen LogP contribution in [-0.4, -0.2) is 29.7 Å². The highest BCUT2D eigenvalue weighted by molar-refractivity contribution is 5.96. The number of benzene rings is 1. The van der Waals surface area contributed by atoms with Crippen LogP contribution in [-0.2, 0) is 11.3 Å². The Labute approximate surface area is 117 Å². The van der Waals surface area contributed by atoms with Gasteiger partial charge in [-0.25, -0.2) is 9.78 Å². The first-order valence-electron chi connectivity index (χ1n) is 6.54. The molecule has 0 radical (unpaired) electrons. The SMILES string of the molecule is CCCCn1c(N)nc2cc(C(=O)OC)cc(OC)c21. The van der Waals surface area contributed by atoms with E-state index in [9.17, 15) is 4.79 Å². The van der Waals surface area contributed by atoms with Gasteiger partial charge in [-0.2, -0.15) is 0 Å². The third-order valence-corrected chi connectivity index (χ3v) is 3.21. The first-order chi connectivity index (χ1) is 9.62. The molecule has 0 bridgehead atoms. The fraction of sp³-hybridized carbons (Fsp3) is 0.429. The van der Waals surface area contributed by atoms with E-state index in [1.807, 2.05) is 4.57 Å². The Hall–Kier alpha value is -2.24. The molecule has 1 aromatic carbocycles. The van der Waals surface area contributed by atoms with Gasteiger partial charge in [0, 0.05) is 6.54 Å². The lowest BCUT2D eigenvalue weighted by molar-refractivity contribution is 0.0600. The summed E-state index contributed by atoms with van der Waals surface area (Å²) in [5, 5.41) is 0. The molecule has 0 saturated heterocycles. The highest BCUT2D eigenvalue weighted by Crippen LogP contribution is 2.30. The standard InChI is InChI=1S/C14H19N3O3/c1-4-5-6-17-12-10(16-14(17)15)7-9(13(18)20-3)8-11(12)19-2/h7-8H,4-6H2,1-3H3,(H2,15,16). The number of methoxy groups -OCH3 is 2. The third-order valence-electron chi connectivity index (χ3n) is 3.21. The second-order valence-corrected chi connectivity index (χ2v) is 4.51. The summed E-state index contributed by atoms with van der Waals surface area (Å²) in [5.74, 6) is 0.573. The van der Waals surface area contributed by atoms with Gasteiger partial charge in [0.25, 0.3) is 0 Å². The summed E-state index contributed by atoms with van der Waals surface area (Å²) in [5.41, 5.74) is 7.81. The highest BCUT2D eigenvalue weighted by Gasteiger charge is 2.17.